The van der Waals surface area contributed by atoms with Gasteiger partial charge in [0.1, 0.15) is 0 Å². The van der Waals surface area contributed by atoms with E-state index in [-0.39, 0.29) is 17.8 Å². The fourth-order valence-corrected chi connectivity index (χ4v) is 3.68. The molecule has 5 heteroatoms. The van der Waals surface area contributed by atoms with Gasteiger partial charge in [0.2, 0.25) is 0 Å². The monoisotopic (exact) mass is 382 g/mol. The maximum atomic E-state index is 11.1. The first-order chi connectivity index (χ1) is 12.8. The number of aliphatic hydroxyl groups excluding tert-OH is 2. The molecular weight excluding hydrogens is 344 g/mol. The Hall–Kier alpha value is -1.17. The number of rotatable bonds is 12. The highest BCUT2D eigenvalue weighted by molar-refractivity contribution is 5.69. The lowest BCUT2D eigenvalue weighted by Gasteiger charge is -2.23. The molecule has 27 heavy (non-hydrogen) atoms. The maximum absolute atomic E-state index is 11.1. The van der Waals surface area contributed by atoms with Crippen molar-refractivity contribution in [2.45, 2.75) is 89.4 Å². The molecule has 5 nitrogen and oxygen atoms in total. The summed E-state index contributed by atoms with van der Waals surface area (Å²) >= 11 is 0. The Morgan fingerprint density at radius 1 is 1.19 bits per heavy atom. The van der Waals surface area contributed by atoms with Crippen molar-refractivity contribution < 1.29 is 24.9 Å². The second-order valence-electron chi connectivity index (χ2n) is 7.96. The van der Waals surface area contributed by atoms with Gasteiger partial charge >= 0.3 is 5.97 Å². The molecule has 3 N–H and O–H groups in total. The van der Waals surface area contributed by atoms with E-state index in [1.54, 1.807) is 13.0 Å². The SMILES string of the molecule is CCCCC[C@](C)(O)/C=C\C1[C@@H](O)C[C@@H](O)[C@H]1C/C=C/CCCC(=O)OC. The zero-order chi connectivity index (χ0) is 20.3. The Bertz CT molecular complexity index is 483. The molecular formula is C22H38O5. The minimum atomic E-state index is -0.878. The fraction of sp³-hybridized carbons (Fsp3) is 0.773. The zero-order valence-corrected chi connectivity index (χ0v) is 17.1. The molecule has 0 heterocycles. The van der Waals surface area contributed by atoms with Crippen LogP contribution in [0.15, 0.2) is 24.3 Å². The predicted octanol–water partition coefficient (Wildman–Crippen LogP) is 3.52. The van der Waals surface area contributed by atoms with Crippen LogP contribution in [0.4, 0.5) is 0 Å². The third kappa shape index (κ3) is 9.04. The van der Waals surface area contributed by atoms with Gasteiger partial charge in [-0.25, -0.2) is 0 Å². The number of esters is 1. The molecule has 1 aliphatic carbocycles. The van der Waals surface area contributed by atoms with Gasteiger partial charge < -0.3 is 20.1 Å². The minimum Gasteiger partial charge on any atom is -0.469 e. The molecule has 0 aromatic rings. The molecule has 0 aromatic carbocycles. The number of allylic oxidation sites excluding steroid dienone is 2. The van der Waals surface area contributed by atoms with Crippen molar-refractivity contribution in [1.82, 2.24) is 0 Å². The van der Waals surface area contributed by atoms with Gasteiger partial charge in [0.25, 0.3) is 0 Å². The van der Waals surface area contributed by atoms with Crippen LogP contribution >= 0.6 is 0 Å². The molecule has 0 spiro atoms. The summed E-state index contributed by atoms with van der Waals surface area (Å²) in [5, 5.41) is 31.1. The van der Waals surface area contributed by atoms with Crippen LogP contribution in [0.3, 0.4) is 0 Å². The van der Waals surface area contributed by atoms with Crippen molar-refractivity contribution in [3.05, 3.63) is 24.3 Å². The number of carbonyl (C=O) groups excluding carboxylic acids is 1. The van der Waals surface area contributed by atoms with Crippen molar-refractivity contribution in [3.8, 4) is 0 Å². The molecule has 5 atom stereocenters. The highest BCUT2D eigenvalue weighted by atomic mass is 16.5. The van der Waals surface area contributed by atoms with E-state index in [1.807, 2.05) is 18.2 Å². The lowest BCUT2D eigenvalue weighted by Crippen LogP contribution is -2.24. The summed E-state index contributed by atoms with van der Waals surface area (Å²) in [6.07, 6.45) is 13.4. The first-order valence-electron chi connectivity index (χ1n) is 10.3. The van der Waals surface area contributed by atoms with E-state index in [0.717, 1.165) is 32.1 Å². The van der Waals surface area contributed by atoms with Crippen LogP contribution in [-0.4, -0.2) is 46.2 Å². The van der Waals surface area contributed by atoms with Crippen LogP contribution in [0.25, 0.3) is 0 Å². The van der Waals surface area contributed by atoms with Gasteiger partial charge in [-0.15, -0.1) is 0 Å². The fourth-order valence-electron chi connectivity index (χ4n) is 3.68. The van der Waals surface area contributed by atoms with Crippen molar-refractivity contribution in [2.24, 2.45) is 11.8 Å². The normalized spacial score (nSPS) is 28.1. The smallest absolute Gasteiger partial charge is 0.305 e. The van der Waals surface area contributed by atoms with Gasteiger partial charge in [-0.2, -0.15) is 0 Å². The van der Waals surface area contributed by atoms with Crippen molar-refractivity contribution in [3.63, 3.8) is 0 Å². The van der Waals surface area contributed by atoms with E-state index in [9.17, 15) is 20.1 Å². The highest BCUT2D eigenvalue weighted by Gasteiger charge is 2.39. The van der Waals surface area contributed by atoms with Gasteiger partial charge in [-0.3, -0.25) is 4.79 Å². The Kier molecular flexibility index (Phi) is 10.9. The Morgan fingerprint density at radius 2 is 1.93 bits per heavy atom. The van der Waals surface area contributed by atoms with E-state index in [4.69, 9.17) is 0 Å². The second kappa shape index (κ2) is 12.3. The summed E-state index contributed by atoms with van der Waals surface area (Å²) in [6.45, 7) is 3.93. The first kappa shape index (κ1) is 23.9. The quantitative estimate of drug-likeness (QED) is 0.273. The molecule has 1 saturated carbocycles. The maximum Gasteiger partial charge on any atom is 0.305 e. The van der Waals surface area contributed by atoms with Crippen LogP contribution in [0.5, 0.6) is 0 Å². The average molecular weight is 383 g/mol. The van der Waals surface area contributed by atoms with E-state index < -0.39 is 17.8 Å². The van der Waals surface area contributed by atoms with E-state index in [1.165, 1.54) is 7.11 Å². The van der Waals surface area contributed by atoms with Gasteiger partial charge in [-0.05, 0) is 38.5 Å². The van der Waals surface area contributed by atoms with Crippen LogP contribution < -0.4 is 0 Å². The lowest BCUT2D eigenvalue weighted by molar-refractivity contribution is -0.140. The molecule has 0 aliphatic heterocycles. The highest BCUT2D eigenvalue weighted by Crippen LogP contribution is 2.37. The number of aliphatic hydroxyl groups is 3. The van der Waals surface area contributed by atoms with Crippen LogP contribution in [0.1, 0.15) is 71.6 Å². The van der Waals surface area contributed by atoms with Crippen LogP contribution in [-0.2, 0) is 9.53 Å². The Balaban J connectivity index is 2.54. The predicted molar refractivity (Wildman–Crippen MR) is 107 cm³/mol. The second-order valence-corrected chi connectivity index (χ2v) is 7.96. The van der Waals surface area contributed by atoms with Crippen LogP contribution in [0, 0.1) is 11.8 Å². The summed E-state index contributed by atoms with van der Waals surface area (Å²) in [5.41, 5.74) is -0.878. The zero-order valence-electron chi connectivity index (χ0n) is 17.1. The lowest BCUT2D eigenvalue weighted by atomic mass is 9.88. The number of unbranched alkanes of at least 4 members (excludes halogenated alkanes) is 3. The molecule has 0 saturated heterocycles. The molecule has 0 radical (unpaired) electrons. The summed E-state index contributed by atoms with van der Waals surface area (Å²) in [4.78, 5) is 11.1. The molecule has 0 aromatic heterocycles. The van der Waals surface area contributed by atoms with Crippen molar-refractivity contribution in [2.75, 3.05) is 7.11 Å². The van der Waals surface area contributed by atoms with Gasteiger partial charge in [0.15, 0.2) is 0 Å². The van der Waals surface area contributed by atoms with Crippen molar-refractivity contribution in [1.29, 1.82) is 0 Å². The van der Waals surface area contributed by atoms with E-state index in [2.05, 4.69) is 11.7 Å². The minimum absolute atomic E-state index is 0.0560. The van der Waals surface area contributed by atoms with E-state index >= 15 is 0 Å². The third-order valence-electron chi connectivity index (χ3n) is 5.43. The van der Waals surface area contributed by atoms with Gasteiger partial charge in [0, 0.05) is 18.8 Å². The summed E-state index contributed by atoms with van der Waals surface area (Å²) in [5.74, 6) is -0.411. The average Bonchev–Trinajstić information content (AvgIpc) is 2.89. The van der Waals surface area contributed by atoms with Gasteiger partial charge in [-0.1, -0.05) is 50.5 Å². The molecule has 1 aliphatic rings. The van der Waals surface area contributed by atoms with Crippen molar-refractivity contribution >= 4 is 5.97 Å². The standard InChI is InChI=1S/C22H38O5/c1-4-5-10-14-22(2,26)15-13-18-17(19(23)16-20(18)24)11-8-6-7-9-12-21(25)27-3/h6,8,13,15,17-20,23-24,26H,4-5,7,9-12,14,16H2,1-3H3/b8-6+,15-13-/t17-,18?,19+,20-,22-/m0/s1. The summed E-state index contributed by atoms with van der Waals surface area (Å²) in [6, 6.07) is 0. The number of methoxy groups -OCH3 is 1. The molecule has 0 amide bonds. The Labute approximate surface area is 164 Å². The topological polar surface area (TPSA) is 87.0 Å². The molecule has 156 valence electrons. The Morgan fingerprint density at radius 3 is 2.59 bits per heavy atom. The molecule has 1 rings (SSSR count). The summed E-state index contributed by atoms with van der Waals surface area (Å²) in [7, 11) is 1.39. The molecule has 1 fully saturated rings. The summed E-state index contributed by atoms with van der Waals surface area (Å²) < 4.78 is 4.61. The number of carbonyl (C=O) groups is 1. The van der Waals surface area contributed by atoms with Gasteiger partial charge in [0.05, 0.1) is 24.9 Å². The third-order valence-corrected chi connectivity index (χ3v) is 5.43. The molecule has 1 unspecified atom stereocenters. The first-order valence-corrected chi connectivity index (χ1v) is 10.3. The van der Waals surface area contributed by atoms with E-state index in [0.29, 0.717) is 25.7 Å². The molecule has 0 bridgehead atoms. The van der Waals surface area contributed by atoms with Crippen LogP contribution in [0.2, 0.25) is 0 Å². The number of hydrogen-bond acceptors (Lipinski definition) is 5. The largest absolute Gasteiger partial charge is 0.469 e. The number of ether oxygens (including phenoxy) is 1. The number of hydrogen-bond donors (Lipinski definition) is 3.